The first-order valence-electron chi connectivity index (χ1n) is 10.5. The van der Waals surface area contributed by atoms with E-state index in [1.807, 2.05) is 13.8 Å². The molecule has 0 bridgehead atoms. The molecule has 0 saturated carbocycles. The highest BCUT2D eigenvalue weighted by Gasteiger charge is 2.28. The quantitative estimate of drug-likeness (QED) is 0.254. The summed E-state index contributed by atoms with van der Waals surface area (Å²) in [5.41, 5.74) is -0.753. The number of aliphatic hydroxyl groups is 2. The summed E-state index contributed by atoms with van der Waals surface area (Å²) in [7, 11) is 0. The normalized spacial score (nSPS) is 23.7. The highest BCUT2D eigenvalue weighted by Crippen LogP contribution is 2.26. The van der Waals surface area contributed by atoms with Gasteiger partial charge in [0.15, 0.2) is 6.29 Å². The molecule has 4 unspecified atom stereocenters. The molecule has 0 aromatic heterocycles. The smallest absolute Gasteiger partial charge is 0.306 e. The van der Waals surface area contributed by atoms with Crippen LogP contribution in [-0.4, -0.2) is 87.5 Å². The number of carbonyl (C=O) groups is 4. The zero-order valence-corrected chi connectivity index (χ0v) is 21.6. The van der Waals surface area contributed by atoms with Gasteiger partial charge in [-0.25, -0.2) is 0 Å². The first-order valence-corrected chi connectivity index (χ1v) is 13.6. The van der Waals surface area contributed by atoms with Gasteiger partial charge in [-0.05, 0) is 12.8 Å². The summed E-state index contributed by atoms with van der Waals surface area (Å²) in [6, 6.07) is 0. The van der Waals surface area contributed by atoms with Gasteiger partial charge in [0.05, 0.1) is 5.75 Å². The number of hydrogen-bond donors (Lipinski definition) is 2. The van der Waals surface area contributed by atoms with Gasteiger partial charge in [-0.2, -0.15) is 0 Å². The largest absolute Gasteiger partial charge is 0.462 e. The lowest BCUT2D eigenvalue weighted by Gasteiger charge is -2.19. The van der Waals surface area contributed by atoms with E-state index in [9.17, 15) is 19.2 Å². The molecule has 192 valence electrons. The van der Waals surface area contributed by atoms with Crippen molar-refractivity contribution in [1.29, 1.82) is 0 Å². The van der Waals surface area contributed by atoms with E-state index in [0.717, 1.165) is 12.8 Å². The van der Waals surface area contributed by atoms with Crippen LogP contribution in [0.15, 0.2) is 0 Å². The Bertz CT molecular complexity index is 560. The van der Waals surface area contributed by atoms with Crippen molar-refractivity contribution in [2.75, 3.05) is 30.5 Å². The Morgan fingerprint density at radius 1 is 0.939 bits per heavy atom. The van der Waals surface area contributed by atoms with E-state index in [2.05, 4.69) is 4.74 Å². The maximum absolute atomic E-state index is 11.1. The molecule has 13 heteroatoms. The summed E-state index contributed by atoms with van der Waals surface area (Å²) in [5, 5.41) is 17.7. The minimum absolute atomic E-state index is 0.112. The molecule has 33 heavy (non-hydrogen) atoms. The van der Waals surface area contributed by atoms with Crippen LogP contribution in [0, 0.1) is 0 Å². The second kappa shape index (κ2) is 20.4. The Morgan fingerprint density at radius 3 is 1.94 bits per heavy atom. The number of rotatable bonds is 9. The maximum Gasteiger partial charge on any atom is 0.306 e. The topological polar surface area (TPSA) is 146 Å². The third kappa shape index (κ3) is 19.1. The van der Waals surface area contributed by atoms with Gasteiger partial charge in [0, 0.05) is 31.3 Å². The van der Waals surface area contributed by atoms with Gasteiger partial charge in [-0.3, -0.25) is 19.2 Å². The summed E-state index contributed by atoms with van der Waals surface area (Å²) in [5.74, 6) is 1.01. The molecule has 2 rings (SSSR count). The van der Waals surface area contributed by atoms with Crippen molar-refractivity contribution < 1.29 is 48.3 Å². The summed E-state index contributed by atoms with van der Waals surface area (Å²) >= 11 is 4.30. The minimum Gasteiger partial charge on any atom is -0.462 e. The van der Waals surface area contributed by atoms with E-state index in [1.165, 1.54) is 42.2 Å². The number of aliphatic hydroxyl groups excluding tert-OH is 2. The summed E-state index contributed by atoms with van der Waals surface area (Å²) in [6.45, 7) is 5.23. The predicted molar refractivity (Wildman–Crippen MR) is 128 cm³/mol. The van der Waals surface area contributed by atoms with Crippen LogP contribution in [0.4, 0.5) is 0 Å². The van der Waals surface area contributed by atoms with Gasteiger partial charge in [0.2, 0.25) is 6.29 Å². The van der Waals surface area contributed by atoms with Gasteiger partial charge < -0.3 is 29.2 Å². The summed E-state index contributed by atoms with van der Waals surface area (Å²) in [4.78, 5) is 41.8. The van der Waals surface area contributed by atoms with Crippen LogP contribution in [0.25, 0.3) is 0 Å². The monoisotopic (exact) mass is 530 g/mol. The van der Waals surface area contributed by atoms with Crippen molar-refractivity contribution in [3.63, 3.8) is 0 Å². The average Bonchev–Trinajstić information content (AvgIpc) is 3.21. The van der Waals surface area contributed by atoms with Crippen molar-refractivity contribution in [2.24, 2.45) is 0 Å². The fraction of sp³-hybridized carbons (Fsp3) is 0.800. The average molecular weight is 531 g/mol. The van der Waals surface area contributed by atoms with Crippen LogP contribution in [0.1, 0.15) is 46.5 Å². The van der Waals surface area contributed by atoms with Crippen LogP contribution in [0.2, 0.25) is 0 Å². The minimum atomic E-state index is -0.516. The fourth-order valence-corrected chi connectivity index (χ4v) is 4.99. The molecule has 2 aliphatic rings. The number of aldehydes is 1. The van der Waals surface area contributed by atoms with E-state index in [1.54, 1.807) is 0 Å². The number of thioether (sulfide) groups is 3. The molecule has 2 fully saturated rings. The lowest BCUT2D eigenvalue weighted by atomic mass is 10.3. The van der Waals surface area contributed by atoms with Crippen molar-refractivity contribution >= 4 is 59.5 Å². The van der Waals surface area contributed by atoms with E-state index in [0.29, 0.717) is 36.4 Å². The second-order valence-corrected chi connectivity index (χ2v) is 10.2. The number of carbonyl (C=O) groups excluding carboxylic acids is 4. The molecular formula is C20H34O10S3. The first-order chi connectivity index (χ1) is 15.7. The summed E-state index contributed by atoms with van der Waals surface area (Å²) < 4.78 is 19.6. The third-order valence-electron chi connectivity index (χ3n) is 3.48. The molecule has 2 heterocycles. The van der Waals surface area contributed by atoms with Crippen molar-refractivity contribution in [1.82, 2.24) is 0 Å². The number of esters is 3. The molecule has 2 saturated heterocycles. The van der Waals surface area contributed by atoms with Gasteiger partial charge in [-0.15, -0.1) is 35.3 Å². The molecule has 2 aliphatic heterocycles. The van der Waals surface area contributed by atoms with Gasteiger partial charge in [-0.1, -0.05) is 13.8 Å². The molecule has 0 spiro atoms. The molecule has 0 aliphatic carbocycles. The Morgan fingerprint density at radius 2 is 1.48 bits per heavy atom. The van der Waals surface area contributed by atoms with Crippen molar-refractivity contribution in [3.05, 3.63) is 0 Å². The molecule has 0 aromatic rings. The number of hydrogen-bond acceptors (Lipinski definition) is 13. The fourth-order valence-electron chi connectivity index (χ4n) is 2.09. The maximum atomic E-state index is 11.1. The first kappa shape index (κ1) is 32.0. The van der Waals surface area contributed by atoms with E-state index in [-0.39, 0.29) is 47.4 Å². The Balaban J connectivity index is 0.000000510. The molecular weight excluding hydrogens is 496 g/mol. The van der Waals surface area contributed by atoms with Gasteiger partial charge in [0.25, 0.3) is 0 Å². The zero-order valence-electron chi connectivity index (χ0n) is 19.1. The van der Waals surface area contributed by atoms with Crippen LogP contribution >= 0.6 is 35.3 Å². The molecule has 10 nitrogen and oxygen atoms in total. The Kier molecular flexibility index (Phi) is 19.8. The number of ether oxygens (including phenoxy) is 4. The van der Waals surface area contributed by atoms with Crippen LogP contribution < -0.4 is 0 Å². The van der Waals surface area contributed by atoms with Crippen LogP contribution in [0.3, 0.4) is 0 Å². The van der Waals surface area contributed by atoms with Gasteiger partial charge in [0.1, 0.15) is 29.5 Å². The Hall–Kier alpha value is -0.990. The molecule has 4 atom stereocenters. The van der Waals surface area contributed by atoms with E-state index in [4.69, 9.17) is 24.4 Å². The summed E-state index contributed by atoms with van der Waals surface area (Å²) in [6.07, 6.45) is 2.40. The highest BCUT2D eigenvalue weighted by molar-refractivity contribution is 8.06. The van der Waals surface area contributed by atoms with Gasteiger partial charge >= 0.3 is 17.9 Å². The Labute approximate surface area is 207 Å². The standard InChI is InChI=1S/C10H16O5S.C6H10O3.C4H8O2S2/c1-3-4-8(12)13-5-10-15-9(6-16-10)14-7(2)11;1-2-3-6(8)9-5-4-7;5-3-1-7-4(6)2-8-3/h9-10H,3-6H2,1-2H3;4H,2-3,5H2,1H3;3-6H,1-2H2. The predicted octanol–water partition coefficient (Wildman–Crippen LogP) is 1.94. The zero-order chi connectivity index (χ0) is 25.1. The molecule has 0 amide bonds. The van der Waals surface area contributed by atoms with E-state index >= 15 is 0 Å². The third-order valence-corrected chi connectivity index (χ3v) is 7.11. The SMILES string of the molecule is CCCC(=O)OCC1OC(OC(C)=O)CS1.CCCC(=O)OCC=O.OC1CSC(O)CS1. The van der Waals surface area contributed by atoms with Crippen LogP contribution in [0.5, 0.6) is 0 Å². The highest BCUT2D eigenvalue weighted by atomic mass is 32.2. The lowest BCUT2D eigenvalue weighted by molar-refractivity contribution is -0.175. The second-order valence-electron chi connectivity index (χ2n) is 6.55. The van der Waals surface area contributed by atoms with Crippen molar-refractivity contribution in [2.45, 2.75) is 69.1 Å². The van der Waals surface area contributed by atoms with Crippen molar-refractivity contribution in [3.8, 4) is 0 Å². The lowest BCUT2D eigenvalue weighted by Crippen LogP contribution is -2.22. The molecule has 0 aromatic carbocycles. The molecule has 0 radical (unpaired) electrons. The molecule has 2 N–H and O–H groups in total. The van der Waals surface area contributed by atoms with Crippen LogP contribution in [-0.2, 0) is 38.1 Å². The van der Waals surface area contributed by atoms with E-state index < -0.39 is 6.29 Å².